The summed E-state index contributed by atoms with van der Waals surface area (Å²) in [6, 6.07) is 0. The number of likely N-dealkylation sites (tertiary alicyclic amines) is 1. The Labute approximate surface area is 107 Å². The van der Waals surface area contributed by atoms with Gasteiger partial charge in [0.1, 0.15) is 0 Å². The fourth-order valence-electron chi connectivity index (χ4n) is 2.73. The Bertz CT molecular complexity index is 215. The monoisotopic (exact) mass is 290 g/mol. The van der Waals surface area contributed by atoms with Crippen molar-refractivity contribution >= 4 is 15.9 Å². The van der Waals surface area contributed by atoms with Gasteiger partial charge in [0.2, 0.25) is 0 Å². The molecule has 0 saturated carbocycles. The molecule has 94 valence electrons. The molecule has 0 N–H and O–H groups in total. The zero-order valence-corrected chi connectivity index (χ0v) is 11.8. The summed E-state index contributed by atoms with van der Waals surface area (Å²) in [6.07, 6.45) is 3.12. The average molecular weight is 291 g/mol. The molecule has 3 nitrogen and oxygen atoms in total. The van der Waals surface area contributed by atoms with Gasteiger partial charge in [-0.2, -0.15) is 0 Å². The maximum Gasteiger partial charge on any atom is 0.0829 e. The second-order valence-corrected chi connectivity index (χ2v) is 5.94. The minimum atomic E-state index is 0.432. The van der Waals surface area contributed by atoms with Crippen molar-refractivity contribution in [3.63, 3.8) is 0 Å². The van der Waals surface area contributed by atoms with Crippen LogP contribution in [-0.4, -0.2) is 67.6 Å². The Balaban J connectivity index is 1.70. The van der Waals surface area contributed by atoms with E-state index in [4.69, 9.17) is 4.74 Å². The summed E-state index contributed by atoms with van der Waals surface area (Å²) in [5.74, 6) is 0.903. The normalized spacial score (nSPS) is 33.4. The van der Waals surface area contributed by atoms with Gasteiger partial charge in [-0.25, -0.2) is 0 Å². The number of hydrogen-bond acceptors (Lipinski definition) is 3. The van der Waals surface area contributed by atoms with E-state index in [-0.39, 0.29) is 0 Å². The molecule has 0 aliphatic carbocycles. The highest BCUT2D eigenvalue weighted by Gasteiger charge is 2.26. The molecule has 2 fully saturated rings. The van der Waals surface area contributed by atoms with E-state index in [1.54, 1.807) is 0 Å². The van der Waals surface area contributed by atoms with Gasteiger partial charge >= 0.3 is 0 Å². The second kappa shape index (κ2) is 6.34. The second-order valence-electron chi connectivity index (χ2n) is 5.15. The molecule has 4 heteroatoms. The van der Waals surface area contributed by atoms with Crippen LogP contribution in [0.1, 0.15) is 12.8 Å². The van der Waals surface area contributed by atoms with Gasteiger partial charge in [0.15, 0.2) is 0 Å². The molecule has 0 radical (unpaired) electrons. The van der Waals surface area contributed by atoms with Crippen LogP contribution >= 0.6 is 15.9 Å². The highest BCUT2D eigenvalue weighted by molar-refractivity contribution is 9.09. The molecule has 0 bridgehead atoms. The van der Waals surface area contributed by atoms with Crippen LogP contribution < -0.4 is 0 Å². The summed E-state index contributed by atoms with van der Waals surface area (Å²) in [4.78, 5) is 4.96. The number of halogens is 1. The maximum absolute atomic E-state index is 5.81. The molecule has 0 aromatic heterocycles. The van der Waals surface area contributed by atoms with E-state index in [1.807, 2.05) is 0 Å². The lowest BCUT2D eigenvalue weighted by molar-refractivity contribution is -0.0331. The van der Waals surface area contributed by atoms with E-state index in [9.17, 15) is 0 Å². The number of morpholine rings is 1. The van der Waals surface area contributed by atoms with E-state index in [0.29, 0.717) is 6.10 Å². The molecule has 2 aliphatic heterocycles. The molecule has 0 aromatic rings. The van der Waals surface area contributed by atoms with Crippen molar-refractivity contribution in [2.75, 3.05) is 51.7 Å². The molecular formula is C12H23BrN2O. The minimum Gasteiger partial charge on any atom is -0.374 e. The summed E-state index contributed by atoms with van der Waals surface area (Å²) in [7, 11) is 2.19. The van der Waals surface area contributed by atoms with Crippen LogP contribution in [0, 0.1) is 5.92 Å². The SMILES string of the molecule is CN1CCOC(CN2CCC(CCBr)C2)C1. The number of hydrogen-bond donors (Lipinski definition) is 0. The van der Waals surface area contributed by atoms with Crippen LogP contribution in [0.2, 0.25) is 0 Å². The topological polar surface area (TPSA) is 15.7 Å². The van der Waals surface area contributed by atoms with Gasteiger partial charge < -0.3 is 14.5 Å². The molecule has 16 heavy (non-hydrogen) atoms. The number of alkyl halides is 1. The van der Waals surface area contributed by atoms with Gasteiger partial charge in [-0.1, -0.05) is 15.9 Å². The fourth-order valence-corrected chi connectivity index (χ4v) is 3.38. The molecule has 2 aliphatic rings. The Kier molecular flexibility index (Phi) is 5.07. The first-order valence-electron chi connectivity index (χ1n) is 6.36. The summed E-state index contributed by atoms with van der Waals surface area (Å²) in [5, 5.41) is 1.15. The molecule has 2 saturated heterocycles. The summed E-state index contributed by atoms with van der Waals surface area (Å²) >= 11 is 3.54. The lowest BCUT2D eigenvalue weighted by Crippen LogP contribution is -2.45. The van der Waals surface area contributed by atoms with E-state index in [2.05, 4.69) is 32.8 Å². The Morgan fingerprint density at radius 1 is 1.31 bits per heavy atom. The molecule has 2 unspecified atom stereocenters. The molecule has 0 amide bonds. The Hall–Kier alpha value is 0.360. The molecule has 2 heterocycles. The lowest BCUT2D eigenvalue weighted by atomic mass is 10.1. The summed E-state index contributed by atoms with van der Waals surface area (Å²) in [5.41, 5.74) is 0. The predicted molar refractivity (Wildman–Crippen MR) is 70.2 cm³/mol. The van der Waals surface area contributed by atoms with Crippen molar-refractivity contribution < 1.29 is 4.74 Å². The van der Waals surface area contributed by atoms with Crippen LogP contribution in [0.3, 0.4) is 0 Å². The summed E-state index contributed by atoms with van der Waals surface area (Å²) < 4.78 is 5.81. The minimum absolute atomic E-state index is 0.432. The van der Waals surface area contributed by atoms with Crippen molar-refractivity contribution in [1.29, 1.82) is 0 Å². The maximum atomic E-state index is 5.81. The highest BCUT2D eigenvalue weighted by Crippen LogP contribution is 2.21. The molecule has 2 atom stereocenters. The fraction of sp³-hybridized carbons (Fsp3) is 1.00. The van der Waals surface area contributed by atoms with Crippen LogP contribution in [0.5, 0.6) is 0 Å². The number of nitrogens with zero attached hydrogens (tertiary/aromatic N) is 2. The third-order valence-electron chi connectivity index (χ3n) is 3.69. The smallest absolute Gasteiger partial charge is 0.0829 e. The largest absolute Gasteiger partial charge is 0.374 e. The van der Waals surface area contributed by atoms with Crippen molar-refractivity contribution in [2.45, 2.75) is 18.9 Å². The molecule has 0 aromatic carbocycles. The lowest BCUT2D eigenvalue weighted by Gasteiger charge is -2.32. The zero-order chi connectivity index (χ0) is 11.4. The van der Waals surface area contributed by atoms with Crippen LogP contribution in [-0.2, 0) is 4.74 Å². The summed E-state index contributed by atoms with van der Waals surface area (Å²) in [6.45, 7) is 6.75. The van der Waals surface area contributed by atoms with E-state index in [0.717, 1.165) is 37.5 Å². The zero-order valence-electron chi connectivity index (χ0n) is 10.2. The van der Waals surface area contributed by atoms with Crippen molar-refractivity contribution in [1.82, 2.24) is 9.80 Å². The van der Waals surface area contributed by atoms with E-state index < -0.39 is 0 Å². The average Bonchev–Trinajstić information content (AvgIpc) is 2.66. The Morgan fingerprint density at radius 3 is 2.94 bits per heavy atom. The molecule has 2 rings (SSSR count). The molecule has 0 spiro atoms. The van der Waals surface area contributed by atoms with Gasteiger partial charge in [0.25, 0.3) is 0 Å². The Morgan fingerprint density at radius 2 is 2.19 bits per heavy atom. The number of rotatable bonds is 4. The van der Waals surface area contributed by atoms with Crippen molar-refractivity contribution in [2.24, 2.45) is 5.92 Å². The van der Waals surface area contributed by atoms with Crippen molar-refractivity contribution in [3.8, 4) is 0 Å². The first kappa shape index (κ1) is 12.8. The number of ether oxygens (including phenoxy) is 1. The standard InChI is InChI=1S/C12H23BrN2O/c1-14-6-7-16-12(9-14)10-15-5-3-11(8-15)2-4-13/h11-12H,2-10H2,1H3. The first-order valence-corrected chi connectivity index (χ1v) is 7.48. The van der Waals surface area contributed by atoms with Gasteiger partial charge in [0.05, 0.1) is 12.7 Å². The first-order chi connectivity index (χ1) is 7.78. The van der Waals surface area contributed by atoms with E-state index in [1.165, 1.54) is 25.9 Å². The van der Waals surface area contributed by atoms with Gasteiger partial charge in [-0.05, 0) is 32.4 Å². The van der Waals surface area contributed by atoms with E-state index >= 15 is 0 Å². The van der Waals surface area contributed by atoms with Gasteiger partial charge in [-0.3, -0.25) is 0 Å². The third kappa shape index (κ3) is 3.69. The number of likely N-dealkylation sites (N-methyl/N-ethyl adjacent to an activating group) is 1. The predicted octanol–water partition coefficient (Wildman–Crippen LogP) is 1.42. The van der Waals surface area contributed by atoms with Crippen LogP contribution in [0.15, 0.2) is 0 Å². The molecular weight excluding hydrogens is 268 g/mol. The third-order valence-corrected chi connectivity index (χ3v) is 4.15. The van der Waals surface area contributed by atoms with Crippen LogP contribution in [0.4, 0.5) is 0 Å². The highest BCUT2D eigenvalue weighted by atomic mass is 79.9. The van der Waals surface area contributed by atoms with Crippen molar-refractivity contribution in [3.05, 3.63) is 0 Å². The quantitative estimate of drug-likeness (QED) is 0.729. The van der Waals surface area contributed by atoms with Gasteiger partial charge in [-0.15, -0.1) is 0 Å². The van der Waals surface area contributed by atoms with Gasteiger partial charge in [0, 0.05) is 31.5 Å². The van der Waals surface area contributed by atoms with Crippen LogP contribution in [0.25, 0.3) is 0 Å².